The Labute approximate surface area is 176 Å². The number of hydrogen-bond donors (Lipinski definition) is 1. The van der Waals surface area contributed by atoms with Crippen molar-refractivity contribution in [3.05, 3.63) is 89.5 Å². The molecular weight excluding hydrogens is 380 g/mol. The van der Waals surface area contributed by atoms with Crippen LogP contribution in [0.15, 0.2) is 72.8 Å². The van der Waals surface area contributed by atoms with E-state index in [1.54, 1.807) is 37.5 Å². The molecule has 0 unspecified atom stereocenters. The lowest BCUT2D eigenvalue weighted by atomic mass is 10.1. The minimum atomic E-state index is -0.319. The molecule has 0 amide bonds. The molecule has 3 rings (SSSR count). The third kappa shape index (κ3) is 5.41. The van der Waals surface area contributed by atoms with Crippen LogP contribution in [0, 0.1) is 0 Å². The monoisotopic (exact) mass is 404 g/mol. The van der Waals surface area contributed by atoms with Gasteiger partial charge >= 0.3 is 0 Å². The topological polar surface area (TPSA) is 65.0 Å². The molecule has 30 heavy (non-hydrogen) atoms. The molecule has 0 fully saturated rings. The molecule has 3 aromatic rings. The molecule has 0 aliphatic carbocycles. The first-order valence-electron chi connectivity index (χ1n) is 9.63. The first-order chi connectivity index (χ1) is 14.6. The fourth-order valence-electron chi connectivity index (χ4n) is 2.87. The number of allylic oxidation sites excluding steroid dienone is 1. The van der Waals surface area contributed by atoms with Crippen molar-refractivity contribution in [3.63, 3.8) is 0 Å². The van der Waals surface area contributed by atoms with Crippen molar-refractivity contribution < 1.29 is 24.1 Å². The fraction of sp³-hybridized carbons (Fsp3) is 0.160. The zero-order valence-corrected chi connectivity index (χ0v) is 17.0. The van der Waals surface area contributed by atoms with Gasteiger partial charge in [0, 0.05) is 17.7 Å². The Balaban J connectivity index is 1.71. The molecule has 0 bridgehead atoms. The van der Waals surface area contributed by atoms with Crippen LogP contribution in [0.5, 0.6) is 23.0 Å². The highest BCUT2D eigenvalue weighted by Crippen LogP contribution is 2.28. The van der Waals surface area contributed by atoms with Crippen molar-refractivity contribution in [2.24, 2.45) is 0 Å². The summed E-state index contributed by atoms with van der Waals surface area (Å²) >= 11 is 0. The molecular formula is C25H24O5. The Morgan fingerprint density at radius 2 is 1.73 bits per heavy atom. The lowest BCUT2D eigenvalue weighted by molar-refractivity contribution is 0.104. The van der Waals surface area contributed by atoms with Crippen molar-refractivity contribution in [1.29, 1.82) is 0 Å². The second-order valence-electron chi connectivity index (χ2n) is 6.49. The number of ketones is 1. The number of phenolic OH excluding ortho intramolecular Hbond substituents is 1. The smallest absolute Gasteiger partial charge is 0.189 e. The van der Waals surface area contributed by atoms with E-state index < -0.39 is 0 Å². The van der Waals surface area contributed by atoms with E-state index >= 15 is 0 Å². The second kappa shape index (κ2) is 10.2. The maximum absolute atomic E-state index is 12.6. The van der Waals surface area contributed by atoms with E-state index in [4.69, 9.17) is 14.2 Å². The fourth-order valence-corrected chi connectivity index (χ4v) is 2.87. The van der Waals surface area contributed by atoms with E-state index in [1.807, 2.05) is 43.3 Å². The molecule has 0 aliphatic rings. The lowest BCUT2D eigenvalue weighted by Crippen LogP contribution is -1.98. The zero-order chi connectivity index (χ0) is 21.3. The van der Waals surface area contributed by atoms with Crippen molar-refractivity contribution in [3.8, 4) is 23.0 Å². The van der Waals surface area contributed by atoms with Crippen LogP contribution in [0.1, 0.15) is 28.4 Å². The Bertz CT molecular complexity index is 1020. The van der Waals surface area contributed by atoms with Gasteiger partial charge in [-0.05, 0) is 48.9 Å². The molecule has 0 atom stereocenters. The number of phenols is 1. The van der Waals surface area contributed by atoms with Gasteiger partial charge in [-0.25, -0.2) is 0 Å². The van der Waals surface area contributed by atoms with Crippen LogP contribution >= 0.6 is 0 Å². The standard InChI is InChI=1S/C25H24O5/c1-3-29-25-16-20(28-2)11-9-19(25)10-14-23(26)22-13-12-21(15-24(22)27)30-17-18-7-5-4-6-8-18/h4-16,27H,3,17H2,1-2H3. The van der Waals surface area contributed by atoms with Gasteiger partial charge in [0.1, 0.15) is 29.6 Å². The average molecular weight is 404 g/mol. The second-order valence-corrected chi connectivity index (χ2v) is 6.49. The van der Waals surface area contributed by atoms with E-state index in [0.717, 1.165) is 11.1 Å². The zero-order valence-electron chi connectivity index (χ0n) is 17.0. The molecule has 1 N–H and O–H groups in total. The van der Waals surface area contributed by atoms with Crippen LogP contribution in [0.3, 0.4) is 0 Å². The maximum Gasteiger partial charge on any atom is 0.189 e. The third-order valence-electron chi connectivity index (χ3n) is 4.42. The van der Waals surface area contributed by atoms with E-state index in [2.05, 4.69) is 0 Å². The molecule has 0 aromatic heterocycles. The maximum atomic E-state index is 12.6. The van der Waals surface area contributed by atoms with Crippen LogP contribution in [0.2, 0.25) is 0 Å². The van der Waals surface area contributed by atoms with Gasteiger partial charge < -0.3 is 19.3 Å². The number of benzene rings is 3. The molecule has 154 valence electrons. The van der Waals surface area contributed by atoms with Crippen molar-refractivity contribution in [1.82, 2.24) is 0 Å². The van der Waals surface area contributed by atoms with Gasteiger partial charge in [-0.2, -0.15) is 0 Å². The first-order valence-corrected chi connectivity index (χ1v) is 9.63. The van der Waals surface area contributed by atoms with Crippen LogP contribution < -0.4 is 14.2 Å². The molecule has 0 saturated carbocycles. The molecule has 3 aromatic carbocycles. The number of rotatable bonds is 9. The van der Waals surface area contributed by atoms with Crippen molar-refractivity contribution in [2.45, 2.75) is 13.5 Å². The summed E-state index contributed by atoms with van der Waals surface area (Å²) in [6, 6.07) is 19.8. The molecule has 0 radical (unpaired) electrons. The summed E-state index contributed by atoms with van der Waals surface area (Å²) in [5.41, 5.74) is 1.96. The largest absolute Gasteiger partial charge is 0.507 e. The van der Waals surface area contributed by atoms with Gasteiger partial charge in [-0.1, -0.05) is 30.3 Å². The summed E-state index contributed by atoms with van der Waals surface area (Å²) in [5, 5.41) is 10.3. The highest BCUT2D eigenvalue weighted by Gasteiger charge is 2.11. The van der Waals surface area contributed by atoms with Gasteiger partial charge in [-0.15, -0.1) is 0 Å². The molecule has 0 spiro atoms. The van der Waals surface area contributed by atoms with Gasteiger partial charge in [0.25, 0.3) is 0 Å². The Hall–Kier alpha value is -3.73. The summed E-state index contributed by atoms with van der Waals surface area (Å²) < 4.78 is 16.5. The van der Waals surface area contributed by atoms with Gasteiger partial charge in [0.2, 0.25) is 0 Å². The highest BCUT2D eigenvalue weighted by atomic mass is 16.5. The summed E-state index contributed by atoms with van der Waals surface area (Å²) in [6.07, 6.45) is 3.07. The Kier molecular flexibility index (Phi) is 7.11. The summed E-state index contributed by atoms with van der Waals surface area (Å²) in [7, 11) is 1.58. The summed E-state index contributed by atoms with van der Waals surface area (Å²) in [5.74, 6) is 1.33. The Morgan fingerprint density at radius 3 is 2.43 bits per heavy atom. The normalized spacial score (nSPS) is 10.7. The van der Waals surface area contributed by atoms with Crippen LogP contribution in [0.4, 0.5) is 0 Å². The number of aromatic hydroxyl groups is 1. The SMILES string of the molecule is CCOc1cc(OC)ccc1C=CC(=O)c1ccc(OCc2ccccc2)cc1O. The van der Waals surface area contributed by atoms with Crippen molar-refractivity contribution >= 4 is 11.9 Å². The average Bonchev–Trinajstić information content (AvgIpc) is 2.77. The van der Waals surface area contributed by atoms with Gasteiger partial charge in [-0.3, -0.25) is 4.79 Å². The predicted molar refractivity (Wildman–Crippen MR) is 116 cm³/mol. The number of ether oxygens (including phenoxy) is 3. The number of carbonyl (C=O) groups is 1. The van der Waals surface area contributed by atoms with Crippen LogP contribution in [-0.2, 0) is 6.61 Å². The van der Waals surface area contributed by atoms with Crippen LogP contribution in [-0.4, -0.2) is 24.6 Å². The predicted octanol–water partition coefficient (Wildman–Crippen LogP) is 5.27. The molecule has 5 nitrogen and oxygen atoms in total. The van der Waals surface area contributed by atoms with E-state index in [9.17, 15) is 9.90 Å². The van der Waals surface area contributed by atoms with E-state index in [-0.39, 0.29) is 17.1 Å². The Morgan fingerprint density at radius 1 is 0.967 bits per heavy atom. The molecule has 0 aliphatic heterocycles. The third-order valence-corrected chi connectivity index (χ3v) is 4.42. The van der Waals surface area contributed by atoms with E-state index in [0.29, 0.717) is 30.5 Å². The van der Waals surface area contributed by atoms with Crippen molar-refractivity contribution in [2.75, 3.05) is 13.7 Å². The summed E-state index contributed by atoms with van der Waals surface area (Å²) in [6.45, 7) is 2.76. The minimum Gasteiger partial charge on any atom is -0.507 e. The highest BCUT2D eigenvalue weighted by molar-refractivity contribution is 6.08. The lowest BCUT2D eigenvalue weighted by Gasteiger charge is -2.09. The van der Waals surface area contributed by atoms with Gasteiger partial charge in [0.05, 0.1) is 19.3 Å². The summed E-state index contributed by atoms with van der Waals surface area (Å²) in [4.78, 5) is 12.6. The minimum absolute atomic E-state index is 0.130. The van der Waals surface area contributed by atoms with E-state index in [1.165, 1.54) is 12.1 Å². The molecule has 5 heteroatoms. The van der Waals surface area contributed by atoms with Crippen LogP contribution in [0.25, 0.3) is 6.08 Å². The molecule has 0 heterocycles. The number of carbonyl (C=O) groups excluding carboxylic acids is 1. The molecule has 0 saturated heterocycles. The first kappa shape index (κ1) is 21.0. The van der Waals surface area contributed by atoms with Gasteiger partial charge in [0.15, 0.2) is 5.78 Å². The number of methoxy groups -OCH3 is 1. The quantitative estimate of drug-likeness (QED) is 0.389. The number of hydrogen-bond acceptors (Lipinski definition) is 5.